The van der Waals surface area contributed by atoms with Crippen LogP contribution >= 0.6 is 0 Å². The molecule has 40 heavy (non-hydrogen) atoms. The molecular formula is C35H68O5. The van der Waals surface area contributed by atoms with E-state index < -0.39 is 6.10 Å². The van der Waals surface area contributed by atoms with Crippen LogP contribution in [0.3, 0.4) is 0 Å². The minimum atomic E-state index is -0.955. The van der Waals surface area contributed by atoms with Crippen molar-refractivity contribution < 1.29 is 24.2 Å². The number of aliphatic hydroxyl groups is 1. The van der Waals surface area contributed by atoms with Crippen molar-refractivity contribution in [1.29, 1.82) is 0 Å². The predicted molar refractivity (Wildman–Crippen MR) is 168 cm³/mol. The van der Waals surface area contributed by atoms with Crippen molar-refractivity contribution in [1.82, 2.24) is 0 Å². The van der Waals surface area contributed by atoms with Gasteiger partial charge in [0.25, 0.3) is 0 Å². The van der Waals surface area contributed by atoms with E-state index in [0.717, 1.165) is 43.9 Å². The lowest BCUT2D eigenvalue weighted by Gasteiger charge is -2.12. The number of aliphatic hydroxyl groups excluding tert-OH is 1. The quantitative estimate of drug-likeness (QED) is 0.0689. The van der Waals surface area contributed by atoms with Crippen molar-refractivity contribution in [3.63, 3.8) is 0 Å². The number of rotatable bonds is 30. The molecule has 0 spiro atoms. The first-order chi connectivity index (χ1) is 19.3. The van der Waals surface area contributed by atoms with Crippen molar-refractivity contribution in [3.05, 3.63) is 0 Å². The van der Waals surface area contributed by atoms with Crippen LogP contribution in [0.2, 0.25) is 0 Å². The molecule has 0 aliphatic carbocycles. The summed E-state index contributed by atoms with van der Waals surface area (Å²) in [6.45, 7) is 8.95. The van der Waals surface area contributed by atoms with Crippen molar-refractivity contribution in [2.45, 2.75) is 188 Å². The van der Waals surface area contributed by atoms with Gasteiger partial charge in [0.1, 0.15) is 19.3 Å². The third-order valence-corrected chi connectivity index (χ3v) is 7.70. The van der Waals surface area contributed by atoms with Gasteiger partial charge in [0, 0.05) is 12.8 Å². The van der Waals surface area contributed by atoms with E-state index in [2.05, 4.69) is 27.7 Å². The lowest BCUT2D eigenvalue weighted by Crippen LogP contribution is -2.25. The molecule has 5 heteroatoms. The molecule has 0 radical (unpaired) electrons. The van der Waals surface area contributed by atoms with Crippen molar-refractivity contribution >= 4 is 11.9 Å². The van der Waals surface area contributed by atoms with E-state index in [-0.39, 0.29) is 25.2 Å². The van der Waals surface area contributed by atoms with E-state index >= 15 is 0 Å². The molecule has 0 aliphatic heterocycles. The Morgan fingerprint density at radius 1 is 0.450 bits per heavy atom. The molecule has 0 amide bonds. The Balaban J connectivity index is 3.41. The smallest absolute Gasteiger partial charge is 0.305 e. The van der Waals surface area contributed by atoms with Crippen LogP contribution in [0.25, 0.3) is 0 Å². The summed E-state index contributed by atoms with van der Waals surface area (Å²) in [6, 6.07) is 0. The van der Waals surface area contributed by atoms with Gasteiger partial charge >= 0.3 is 11.9 Å². The van der Waals surface area contributed by atoms with E-state index in [4.69, 9.17) is 9.47 Å². The maximum absolute atomic E-state index is 11.9. The largest absolute Gasteiger partial charge is 0.463 e. The molecule has 0 aliphatic rings. The monoisotopic (exact) mass is 569 g/mol. The molecule has 0 heterocycles. The zero-order valence-corrected chi connectivity index (χ0v) is 27.2. The number of carbonyl (C=O) groups is 2. The molecule has 0 saturated carbocycles. The highest BCUT2D eigenvalue weighted by Gasteiger charge is 2.12. The van der Waals surface area contributed by atoms with Gasteiger partial charge < -0.3 is 14.6 Å². The second kappa shape index (κ2) is 29.4. The average Bonchev–Trinajstić information content (AvgIpc) is 2.91. The molecule has 0 aromatic rings. The lowest BCUT2D eigenvalue weighted by atomic mass is 10.0. The third kappa shape index (κ3) is 31.4. The molecule has 0 unspecified atom stereocenters. The third-order valence-electron chi connectivity index (χ3n) is 7.70. The fraction of sp³-hybridized carbons (Fsp3) is 0.943. The number of ether oxygens (including phenoxy) is 2. The summed E-state index contributed by atoms with van der Waals surface area (Å²) in [5.41, 5.74) is 0. The van der Waals surface area contributed by atoms with Crippen molar-refractivity contribution in [2.24, 2.45) is 11.8 Å². The van der Waals surface area contributed by atoms with E-state index in [1.165, 1.54) is 109 Å². The molecule has 0 rings (SSSR count). The van der Waals surface area contributed by atoms with Crippen LogP contribution in [0.15, 0.2) is 0 Å². The number of hydrogen-bond donors (Lipinski definition) is 1. The summed E-state index contributed by atoms with van der Waals surface area (Å²) >= 11 is 0. The minimum absolute atomic E-state index is 0.110. The second-order valence-corrected chi connectivity index (χ2v) is 13.0. The van der Waals surface area contributed by atoms with Crippen LogP contribution in [0.1, 0.15) is 182 Å². The molecule has 0 bridgehead atoms. The molecule has 5 nitrogen and oxygen atoms in total. The Morgan fingerprint density at radius 2 is 0.700 bits per heavy atom. The second-order valence-electron chi connectivity index (χ2n) is 13.0. The summed E-state index contributed by atoms with van der Waals surface area (Å²) in [5, 5.41) is 9.96. The highest BCUT2D eigenvalue weighted by molar-refractivity contribution is 5.69. The Hall–Kier alpha value is -1.10. The molecular weight excluding hydrogens is 500 g/mol. The summed E-state index contributed by atoms with van der Waals surface area (Å²) in [5.74, 6) is 1.09. The van der Waals surface area contributed by atoms with Crippen LogP contribution in [0, 0.1) is 11.8 Å². The first-order valence-corrected chi connectivity index (χ1v) is 17.3. The summed E-state index contributed by atoms with van der Waals surface area (Å²) in [6.07, 6.45) is 27.3. The van der Waals surface area contributed by atoms with Gasteiger partial charge in [-0.3, -0.25) is 9.59 Å². The summed E-state index contributed by atoms with van der Waals surface area (Å²) in [7, 11) is 0. The molecule has 1 N–H and O–H groups in total. The first kappa shape index (κ1) is 38.9. The Morgan fingerprint density at radius 3 is 0.975 bits per heavy atom. The van der Waals surface area contributed by atoms with Gasteiger partial charge in [0.15, 0.2) is 0 Å². The molecule has 0 saturated heterocycles. The highest BCUT2D eigenvalue weighted by atomic mass is 16.6. The minimum Gasteiger partial charge on any atom is -0.463 e. The lowest BCUT2D eigenvalue weighted by molar-refractivity contribution is -0.152. The van der Waals surface area contributed by atoms with Gasteiger partial charge in [-0.1, -0.05) is 156 Å². The van der Waals surface area contributed by atoms with Gasteiger partial charge in [-0.15, -0.1) is 0 Å². The number of carbonyl (C=O) groups excluding carboxylic acids is 2. The standard InChI is InChI=1S/C35H68O5/c1-31(2)25-21-17-13-9-7-5-6-8-10-15-19-23-27-34(37)39-29-33(36)30-40-35(38)28-24-20-16-12-11-14-18-22-26-32(3)4/h31-33,36H,5-30H2,1-4H3/t33-/m0/s1. The molecule has 1 atom stereocenters. The van der Waals surface area contributed by atoms with E-state index in [0.29, 0.717) is 12.8 Å². The first-order valence-electron chi connectivity index (χ1n) is 17.3. The van der Waals surface area contributed by atoms with E-state index in [9.17, 15) is 14.7 Å². The molecule has 0 fully saturated rings. The maximum Gasteiger partial charge on any atom is 0.305 e. The fourth-order valence-corrected chi connectivity index (χ4v) is 5.04. The van der Waals surface area contributed by atoms with Gasteiger partial charge in [0.2, 0.25) is 0 Å². The van der Waals surface area contributed by atoms with Crippen molar-refractivity contribution in [2.75, 3.05) is 13.2 Å². The summed E-state index contributed by atoms with van der Waals surface area (Å²) < 4.78 is 10.3. The average molecular weight is 569 g/mol. The fourth-order valence-electron chi connectivity index (χ4n) is 5.04. The zero-order chi connectivity index (χ0) is 29.7. The molecule has 0 aromatic heterocycles. The highest BCUT2D eigenvalue weighted by Crippen LogP contribution is 2.15. The molecule has 0 aromatic carbocycles. The van der Waals surface area contributed by atoms with Crippen LogP contribution < -0.4 is 0 Å². The number of hydrogen-bond acceptors (Lipinski definition) is 5. The molecule has 238 valence electrons. The van der Waals surface area contributed by atoms with E-state index in [1.807, 2.05) is 0 Å². The number of unbranched alkanes of at least 4 members (excludes halogenated alkanes) is 18. The zero-order valence-electron chi connectivity index (χ0n) is 27.2. The van der Waals surface area contributed by atoms with Gasteiger partial charge in [-0.25, -0.2) is 0 Å². The SMILES string of the molecule is CC(C)CCCCCCCCCCCCCCC(=O)OC[C@H](O)COC(=O)CCCCCCCCCCC(C)C. The van der Waals surface area contributed by atoms with Crippen LogP contribution in [0.5, 0.6) is 0 Å². The Labute approximate surface area is 248 Å². The van der Waals surface area contributed by atoms with Crippen LogP contribution in [0.4, 0.5) is 0 Å². The van der Waals surface area contributed by atoms with Gasteiger partial charge in [-0.2, -0.15) is 0 Å². The topological polar surface area (TPSA) is 72.8 Å². The Kier molecular flexibility index (Phi) is 28.6. The Bertz CT molecular complexity index is 560. The van der Waals surface area contributed by atoms with Gasteiger partial charge in [0.05, 0.1) is 0 Å². The summed E-state index contributed by atoms with van der Waals surface area (Å²) in [4.78, 5) is 23.8. The van der Waals surface area contributed by atoms with Crippen LogP contribution in [-0.2, 0) is 19.1 Å². The predicted octanol–water partition coefficient (Wildman–Crippen LogP) is 10.1. The van der Waals surface area contributed by atoms with Crippen molar-refractivity contribution in [3.8, 4) is 0 Å². The number of esters is 2. The maximum atomic E-state index is 11.9. The van der Waals surface area contributed by atoms with Gasteiger partial charge in [-0.05, 0) is 24.7 Å². The normalized spacial score (nSPS) is 12.3. The van der Waals surface area contributed by atoms with E-state index in [1.54, 1.807) is 0 Å². The van der Waals surface area contributed by atoms with Crippen LogP contribution in [-0.4, -0.2) is 36.4 Å².